The van der Waals surface area contributed by atoms with E-state index in [0.717, 1.165) is 6.42 Å². The lowest BCUT2D eigenvalue weighted by Crippen LogP contribution is -2.44. The first kappa shape index (κ1) is 17.4. The molecule has 106 valence electrons. The van der Waals surface area contributed by atoms with Gasteiger partial charge in [-0.15, -0.1) is 0 Å². The van der Waals surface area contributed by atoms with Gasteiger partial charge in [0.05, 0.1) is 18.3 Å². The molecule has 0 aliphatic heterocycles. The Morgan fingerprint density at radius 1 is 1.28 bits per heavy atom. The highest BCUT2D eigenvalue weighted by molar-refractivity contribution is 6.74. The molecule has 0 heterocycles. The molecule has 0 aromatic carbocycles. The van der Waals surface area contributed by atoms with Gasteiger partial charge in [0.25, 0.3) is 0 Å². The molecule has 1 atom stereocenters. The molecule has 3 nitrogen and oxygen atoms in total. The van der Waals surface area contributed by atoms with E-state index in [9.17, 15) is 4.79 Å². The Kier molecular flexibility index (Phi) is 6.30. The topological polar surface area (TPSA) is 35.5 Å². The minimum absolute atomic E-state index is 0.120. The van der Waals surface area contributed by atoms with Gasteiger partial charge in [-0.3, -0.25) is 0 Å². The number of esters is 1. The van der Waals surface area contributed by atoms with Crippen molar-refractivity contribution >= 4 is 14.3 Å². The molecule has 0 aliphatic carbocycles. The van der Waals surface area contributed by atoms with Crippen LogP contribution in [0.1, 0.15) is 41.0 Å². The highest BCUT2D eigenvalue weighted by atomic mass is 28.4. The molecule has 18 heavy (non-hydrogen) atoms. The fourth-order valence-electron chi connectivity index (χ4n) is 1.29. The summed E-state index contributed by atoms with van der Waals surface area (Å²) in [4.78, 5) is 11.7. The first-order valence-corrected chi connectivity index (χ1v) is 9.51. The fraction of sp³-hybridized carbons (Fsp3) is 0.786. The fourth-order valence-corrected chi connectivity index (χ4v) is 2.66. The SMILES string of the molecule is C=C(C(=O)OCC)C(CC)O[Si](C)(C)C(C)(C)C. The summed E-state index contributed by atoms with van der Waals surface area (Å²) < 4.78 is 11.2. The van der Waals surface area contributed by atoms with Crippen LogP contribution in [-0.4, -0.2) is 27.0 Å². The normalized spacial score (nSPS) is 14.2. The number of ether oxygens (including phenoxy) is 1. The quantitative estimate of drug-likeness (QED) is 0.418. The van der Waals surface area contributed by atoms with Crippen LogP contribution < -0.4 is 0 Å². The summed E-state index contributed by atoms with van der Waals surface area (Å²) in [7, 11) is -1.89. The molecule has 0 fully saturated rings. The van der Waals surface area contributed by atoms with Crippen molar-refractivity contribution in [3.05, 3.63) is 12.2 Å². The van der Waals surface area contributed by atoms with Gasteiger partial charge in [0, 0.05) is 0 Å². The molecule has 0 N–H and O–H groups in total. The van der Waals surface area contributed by atoms with Gasteiger partial charge in [0.2, 0.25) is 0 Å². The first-order chi connectivity index (χ1) is 8.06. The average molecular weight is 272 g/mol. The first-order valence-electron chi connectivity index (χ1n) is 6.60. The van der Waals surface area contributed by atoms with Gasteiger partial charge < -0.3 is 9.16 Å². The van der Waals surface area contributed by atoms with E-state index in [1.165, 1.54) is 0 Å². The van der Waals surface area contributed by atoms with Crippen molar-refractivity contribution in [2.24, 2.45) is 0 Å². The average Bonchev–Trinajstić information content (AvgIpc) is 2.23. The third-order valence-electron chi connectivity index (χ3n) is 3.54. The Morgan fingerprint density at radius 3 is 2.11 bits per heavy atom. The van der Waals surface area contributed by atoms with E-state index >= 15 is 0 Å². The predicted molar refractivity (Wildman–Crippen MR) is 78.1 cm³/mol. The van der Waals surface area contributed by atoms with Crippen molar-refractivity contribution in [1.82, 2.24) is 0 Å². The van der Waals surface area contributed by atoms with Gasteiger partial charge in [0.1, 0.15) is 0 Å². The molecule has 0 saturated carbocycles. The van der Waals surface area contributed by atoms with E-state index in [-0.39, 0.29) is 17.1 Å². The van der Waals surface area contributed by atoms with Crippen molar-refractivity contribution in [3.63, 3.8) is 0 Å². The van der Waals surface area contributed by atoms with Crippen LogP contribution in [-0.2, 0) is 14.0 Å². The van der Waals surface area contributed by atoms with E-state index in [1.807, 2.05) is 6.92 Å². The maximum atomic E-state index is 11.7. The molecule has 0 spiro atoms. The molecule has 0 rings (SSSR count). The zero-order valence-electron chi connectivity index (χ0n) is 12.9. The van der Waals surface area contributed by atoms with Crippen LogP contribution in [0.3, 0.4) is 0 Å². The Bertz CT molecular complexity index is 303. The standard InChI is InChI=1S/C14H28O3Si/c1-9-12(11(3)13(15)16-10-2)17-18(7,8)14(4,5)6/h12H,3,9-10H2,1-2,4-8H3. The molecule has 0 saturated heterocycles. The maximum Gasteiger partial charge on any atom is 0.335 e. The maximum absolute atomic E-state index is 11.7. The van der Waals surface area contributed by atoms with E-state index in [1.54, 1.807) is 6.92 Å². The minimum atomic E-state index is -1.89. The van der Waals surface area contributed by atoms with Crippen molar-refractivity contribution in [1.29, 1.82) is 0 Å². The van der Waals surface area contributed by atoms with Crippen LogP contribution in [0.2, 0.25) is 18.1 Å². The molecule has 0 aromatic heterocycles. The van der Waals surface area contributed by atoms with Gasteiger partial charge in [-0.1, -0.05) is 34.3 Å². The summed E-state index contributed by atoms with van der Waals surface area (Å²) in [6.45, 7) is 18.9. The zero-order chi connectivity index (χ0) is 14.6. The summed E-state index contributed by atoms with van der Waals surface area (Å²) in [5, 5.41) is 0.120. The Hall–Kier alpha value is -0.613. The molecule has 0 aliphatic rings. The highest BCUT2D eigenvalue weighted by Gasteiger charge is 2.40. The number of carbonyl (C=O) groups is 1. The molecule has 0 aromatic rings. The van der Waals surface area contributed by atoms with Gasteiger partial charge >= 0.3 is 5.97 Å². The minimum Gasteiger partial charge on any atom is -0.463 e. The number of rotatable bonds is 6. The summed E-state index contributed by atoms with van der Waals surface area (Å²) in [6.07, 6.45) is 0.509. The summed E-state index contributed by atoms with van der Waals surface area (Å²) in [5.74, 6) is -0.344. The van der Waals surface area contributed by atoms with Crippen LogP contribution in [0, 0.1) is 0 Å². The molecule has 0 radical (unpaired) electrons. The van der Waals surface area contributed by atoms with Crippen LogP contribution in [0.25, 0.3) is 0 Å². The molecule has 0 bridgehead atoms. The van der Waals surface area contributed by atoms with E-state index < -0.39 is 8.32 Å². The second kappa shape index (κ2) is 6.52. The number of hydrogen-bond donors (Lipinski definition) is 0. The number of hydrogen-bond acceptors (Lipinski definition) is 3. The third kappa shape index (κ3) is 4.57. The van der Waals surface area contributed by atoms with Crippen molar-refractivity contribution in [2.75, 3.05) is 6.61 Å². The molecular weight excluding hydrogens is 244 g/mol. The zero-order valence-corrected chi connectivity index (χ0v) is 13.9. The summed E-state index contributed by atoms with van der Waals surface area (Å²) >= 11 is 0. The highest BCUT2D eigenvalue weighted by Crippen LogP contribution is 2.38. The van der Waals surface area contributed by atoms with Crippen molar-refractivity contribution in [2.45, 2.75) is 65.3 Å². The van der Waals surface area contributed by atoms with Crippen LogP contribution in [0.15, 0.2) is 12.2 Å². The molecule has 1 unspecified atom stereocenters. The van der Waals surface area contributed by atoms with Gasteiger partial charge in [0.15, 0.2) is 8.32 Å². The van der Waals surface area contributed by atoms with Gasteiger partial charge in [-0.2, -0.15) is 0 Å². The lowest BCUT2D eigenvalue weighted by atomic mass is 10.1. The lowest BCUT2D eigenvalue weighted by molar-refractivity contribution is -0.139. The van der Waals surface area contributed by atoms with E-state index in [0.29, 0.717) is 12.2 Å². The van der Waals surface area contributed by atoms with Crippen LogP contribution >= 0.6 is 0 Å². The van der Waals surface area contributed by atoms with Gasteiger partial charge in [-0.05, 0) is 31.5 Å². The molecular formula is C14H28O3Si. The Morgan fingerprint density at radius 2 is 1.78 bits per heavy atom. The van der Waals surface area contributed by atoms with Crippen molar-refractivity contribution in [3.8, 4) is 0 Å². The Balaban J connectivity index is 4.82. The second-order valence-corrected chi connectivity index (χ2v) is 10.8. The summed E-state index contributed by atoms with van der Waals surface area (Å²) in [5.41, 5.74) is 0.434. The van der Waals surface area contributed by atoms with Crippen LogP contribution in [0.5, 0.6) is 0 Å². The largest absolute Gasteiger partial charge is 0.463 e. The smallest absolute Gasteiger partial charge is 0.335 e. The molecule has 4 heteroatoms. The number of carbonyl (C=O) groups excluding carboxylic acids is 1. The third-order valence-corrected chi connectivity index (χ3v) is 8.03. The van der Waals surface area contributed by atoms with E-state index in [2.05, 4.69) is 40.4 Å². The predicted octanol–water partition coefficient (Wildman–Crippen LogP) is 3.91. The second-order valence-electron chi connectivity index (χ2n) is 6.02. The van der Waals surface area contributed by atoms with Crippen molar-refractivity contribution < 1.29 is 14.0 Å². The van der Waals surface area contributed by atoms with Gasteiger partial charge in [-0.25, -0.2) is 4.79 Å². The van der Waals surface area contributed by atoms with E-state index in [4.69, 9.17) is 9.16 Å². The summed E-state index contributed by atoms with van der Waals surface area (Å²) in [6, 6.07) is 0. The van der Waals surface area contributed by atoms with Crippen LogP contribution in [0.4, 0.5) is 0 Å². The Labute approximate surface area is 113 Å². The monoisotopic (exact) mass is 272 g/mol. The molecule has 0 amide bonds. The lowest BCUT2D eigenvalue weighted by Gasteiger charge is -2.39.